The van der Waals surface area contributed by atoms with E-state index in [0.29, 0.717) is 12.5 Å². The van der Waals surface area contributed by atoms with E-state index >= 15 is 0 Å². The minimum Gasteiger partial charge on any atom is -0.314 e. The molecule has 1 nitrogen and oxygen atoms in total. The van der Waals surface area contributed by atoms with Crippen LogP contribution >= 0.6 is 0 Å². The molecule has 0 radical (unpaired) electrons. The average Bonchev–Trinajstić information content (AvgIpc) is 2.16. The first-order valence-corrected chi connectivity index (χ1v) is 6.22. The van der Waals surface area contributed by atoms with Crippen LogP contribution in [-0.2, 0) is 0 Å². The summed E-state index contributed by atoms with van der Waals surface area (Å²) in [5, 5.41) is 3.00. The van der Waals surface area contributed by atoms with E-state index in [1.165, 1.54) is 0 Å². The van der Waals surface area contributed by atoms with Crippen LogP contribution in [0.25, 0.3) is 0 Å². The zero-order valence-electron chi connectivity index (χ0n) is 10.1. The number of nitrogens with one attached hydrogen (secondary N) is 1. The largest absolute Gasteiger partial charge is 0.390 e. The second-order valence-corrected chi connectivity index (χ2v) is 5.00. The molecule has 0 amide bonds. The Bertz CT molecular complexity index is 195. The Morgan fingerprint density at radius 2 is 1.75 bits per heavy atom. The van der Waals surface area contributed by atoms with Crippen LogP contribution in [0.3, 0.4) is 0 Å². The molecular formula is C12H22F3N. The molecule has 96 valence electrons. The van der Waals surface area contributed by atoms with Gasteiger partial charge < -0.3 is 5.32 Å². The summed E-state index contributed by atoms with van der Waals surface area (Å²) in [6.45, 7) is 4.67. The van der Waals surface area contributed by atoms with Crippen molar-refractivity contribution in [1.82, 2.24) is 5.32 Å². The molecule has 0 aliphatic heterocycles. The topological polar surface area (TPSA) is 12.0 Å². The minimum atomic E-state index is -4.05. The van der Waals surface area contributed by atoms with Crippen LogP contribution in [-0.4, -0.2) is 18.8 Å². The van der Waals surface area contributed by atoms with E-state index in [1.54, 1.807) is 0 Å². The number of alkyl halides is 3. The maximum Gasteiger partial charge on any atom is 0.390 e. The fourth-order valence-corrected chi connectivity index (χ4v) is 2.61. The van der Waals surface area contributed by atoms with E-state index in [2.05, 4.69) is 12.2 Å². The average molecular weight is 237 g/mol. The van der Waals surface area contributed by atoms with Crippen molar-refractivity contribution in [2.75, 3.05) is 6.54 Å². The van der Waals surface area contributed by atoms with Crippen molar-refractivity contribution < 1.29 is 13.2 Å². The second kappa shape index (κ2) is 5.89. The molecule has 1 saturated carbocycles. The van der Waals surface area contributed by atoms with Crippen LogP contribution in [0.1, 0.15) is 46.0 Å². The van der Waals surface area contributed by atoms with Crippen LogP contribution in [0.5, 0.6) is 0 Å². The Hall–Kier alpha value is -0.250. The van der Waals surface area contributed by atoms with Gasteiger partial charge in [0, 0.05) is 6.04 Å². The first kappa shape index (κ1) is 13.8. The summed E-state index contributed by atoms with van der Waals surface area (Å²) in [5.74, 6) is 0.891. The van der Waals surface area contributed by atoms with Gasteiger partial charge in [0.05, 0.1) is 6.42 Å². The molecule has 1 aliphatic carbocycles. The zero-order chi connectivity index (χ0) is 12.2. The van der Waals surface area contributed by atoms with Crippen molar-refractivity contribution in [3.8, 4) is 0 Å². The van der Waals surface area contributed by atoms with Crippen molar-refractivity contribution in [2.24, 2.45) is 11.8 Å². The molecule has 0 heterocycles. The first-order chi connectivity index (χ1) is 7.42. The van der Waals surface area contributed by atoms with E-state index < -0.39 is 12.6 Å². The summed E-state index contributed by atoms with van der Waals surface area (Å²) in [5.41, 5.74) is 0. The molecule has 0 aromatic heterocycles. The predicted octanol–water partition coefficient (Wildman–Crippen LogP) is 3.74. The summed E-state index contributed by atoms with van der Waals surface area (Å²) in [6, 6.07) is -0.377. The van der Waals surface area contributed by atoms with Gasteiger partial charge >= 0.3 is 6.18 Å². The van der Waals surface area contributed by atoms with Gasteiger partial charge in [0.15, 0.2) is 0 Å². The van der Waals surface area contributed by atoms with Crippen LogP contribution in [0.2, 0.25) is 0 Å². The predicted molar refractivity (Wildman–Crippen MR) is 59.3 cm³/mol. The Morgan fingerprint density at radius 3 is 2.19 bits per heavy atom. The molecule has 1 fully saturated rings. The molecular weight excluding hydrogens is 215 g/mol. The van der Waals surface area contributed by atoms with E-state index in [1.807, 2.05) is 6.92 Å². The van der Waals surface area contributed by atoms with Crippen LogP contribution in [0, 0.1) is 11.8 Å². The summed E-state index contributed by atoms with van der Waals surface area (Å²) in [7, 11) is 0. The summed E-state index contributed by atoms with van der Waals surface area (Å²) < 4.78 is 37.3. The molecule has 0 saturated heterocycles. The third-order valence-electron chi connectivity index (χ3n) is 3.55. The fraction of sp³-hybridized carbons (Fsp3) is 1.00. The van der Waals surface area contributed by atoms with Gasteiger partial charge in [-0.25, -0.2) is 0 Å². The summed E-state index contributed by atoms with van der Waals surface area (Å²) in [6.07, 6.45) is -0.700. The maximum atomic E-state index is 12.4. The standard InChI is InChI=1S/C12H22F3N/c1-3-16-11(8-12(13,14)15)10-6-4-9(2)5-7-10/h9-11,16H,3-8H2,1-2H3. The normalized spacial score (nSPS) is 29.1. The van der Waals surface area contributed by atoms with Crippen molar-refractivity contribution in [3.05, 3.63) is 0 Å². The lowest BCUT2D eigenvalue weighted by atomic mass is 9.78. The molecule has 16 heavy (non-hydrogen) atoms. The molecule has 0 spiro atoms. The van der Waals surface area contributed by atoms with Gasteiger partial charge in [0.25, 0.3) is 0 Å². The highest BCUT2D eigenvalue weighted by atomic mass is 19.4. The van der Waals surface area contributed by atoms with Crippen LogP contribution in [0.15, 0.2) is 0 Å². The van der Waals surface area contributed by atoms with E-state index in [4.69, 9.17) is 0 Å². The minimum absolute atomic E-state index is 0.206. The Balaban J connectivity index is 2.49. The van der Waals surface area contributed by atoms with Gasteiger partial charge in [-0.15, -0.1) is 0 Å². The number of rotatable bonds is 4. The molecule has 1 rings (SSSR count). The third-order valence-corrected chi connectivity index (χ3v) is 3.55. The lowest BCUT2D eigenvalue weighted by Gasteiger charge is -2.33. The smallest absolute Gasteiger partial charge is 0.314 e. The Labute approximate surface area is 95.8 Å². The molecule has 4 heteroatoms. The highest BCUT2D eigenvalue weighted by molar-refractivity contribution is 4.82. The zero-order valence-corrected chi connectivity index (χ0v) is 10.1. The van der Waals surface area contributed by atoms with E-state index in [9.17, 15) is 13.2 Å². The Morgan fingerprint density at radius 1 is 1.19 bits per heavy atom. The molecule has 0 aromatic carbocycles. The van der Waals surface area contributed by atoms with E-state index in [-0.39, 0.29) is 12.0 Å². The van der Waals surface area contributed by atoms with Gasteiger partial charge in [0.1, 0.15) is 0 Å². The SMILES string of the molecule is CCNC(CC(F)(F)F)C1CCC(C)CC1. The fourth-order valence-electron chi connectivity index (χ4n) is 2.61. The highest BCUT2D eigenvalue weighted by Crippen LogP contribution is 2.34. The molecule has 1 atom stereocenters. The molecule has 0 aromatic rings. The quantitative estimate of drug-likeness (QED) is 0.785. The molecule has 0 bridgehead atoms. The van der Waals surface area contributed by atoms with Crippen molar-refractivity contribution in [1.29, 1.82) is 0 Å². The van der Waals surface area contributed by atoms with Gasteiger partial charge in [-0.1, -0.05) is 26.7 Å². The van der Waals surface area contributed by atoms with Crippen molar-refractivity contribution in [3.63, 3.8) is 0 Å². The van der Waals surface area contributed by atoms with Gasteiger partial charge in [-0.05, 0) is 31.2 Å². The van der Waals surface area contributed by atoms with Gasteiger partial charge in [-0.2, -0.15) is 13.2 Å². The highest BCUT2D eigenvalue weighted by Gasteiger charge is 2.36. The first-order valence-electron chi connectivity index (χ1n) is 6.22. The third kappa shape index (κ3) is 4.73. The van der Waals surface area contributed by atoms with Crippen LogP contribution in [0.4, 0.5) is 13.2 Å². The van der Waals surface area contributed by atoms with Crippen LogP contribution < -0.4 is 5.32 Å². The summed E-state index contributed by atoms with van der Waals surface area (Å²) in [4.78, 5) is 0. The number of halogens is 3. The van der Waals surface area contributed by atoms with E-state index in [0.717, 1.165) is 25.7 Å². The second-order valence-electron chi connectivity index (χ2n) is 5.00. The monoisotopic (exact) mass is 237 g/mol. The lowest BCUT2D eigenvalue weighted by Crippen LogP contribution is -2.41. The number of hydrogen-bond donors (Lipinski definition) is 1. The lowest BCUT2D eigenvalue weighted by molar-refractivity contribution is -0.143. The van der Waals surface area contributed by atoms with Crippen molar-refractivity contribution >= 4 is 0 Å². The van der Waals surface area contributed by atoms with Crippen molar-refractivity contribution in [2.45, 2.75) is 58.2 Å². The number of hydrogen-bond acceptors (Lipinski definition) is 1. The Kier molecular flexibility index (Phi) is 5.09. The molecule has 1 N–H and O–H groups in total. The molecule has 1 unspecified atom stereocenters. The summed E-state index contributed by atoms with van der Waals surface area (Å²) >= 11 is 0. The maximum absolute atomic E-state index is 12.4. The molecule has 1 aliphatic rings. The van der Waals surface area contributed by atoms with Gasteiger partial charge in [0.2, 0.25) is 0 Å². The van der Waals surface area contributed by atoms with Gasteiger partial charge in [-0.3, -0.25) is 0 Å².